The van der Waals surface area contributed by atoms with E-state index in [1.807, 2.05) is 48.5 Å². The first-order valence-electron chi connectivity index (χ1n) is 39.6. The highest BCUT2D eigenvalue weighted by atomic mass is 35.5. The van der Waals surface area contributed by atoms with Gasteiger partial charge in [-0.2, -0.15) is 0 Å². The van der Waals surface area contributed by atoms with Gasteiger partial charge in [0.1, 0.15) is 34.5 Å². The van der Waals surface area contributed by atoms with Crippen LogP contribution in [0.15, 0.2) is 267 Å². The zero-order chi connectivity index (χ0) is 86.5. The number of carbonyl (C=O) groups is 8. The van der Waals surface area contributed by atoms with Crippen LogP contribution in [-0.2, 0) is 16.2 Å². The molecule has 121 heavy (non-hydrogen) atoms. The number of carbonyl (C=O) groups excluding carboxylic acids is 8. The molecule has 2 atom stereocenters. The van der Waals surface area contributed by atoms with Crippen molar-refractivity contribution in [3.8, 4) is 34.5 Å². The van der Waals surface area contributed by atoms with E-state index in [-0.39, 0.29) is 27.4 Å². The van der Waals surface area contributed by atoms with Crippen molar-refractivity contribution in [2.24, 2.45) is 35.5 Å². The summed E-state index contributed by atoms with van der Waals surface area (Å²) in [5.41, 5.74) is 10.8. The molecule has 2 unspecified atom stereocenters. The van der Waals surface area contributed by atoms with E-state index in [1.165, 1.54) is 153 Å². The van der Waals surface area contributed by atoms with Crippen LogP contribution in [0.5, 0.6) is 34.5 Å². The Morgan fingerprint density at radius 2 is 0.562 bits per heavy atom. The Kier molecular flexibility index (Phi) is 29.8. The summed E-state index contributed by atoms with van der Waals surface area (Å²) in [6.07, 6.45) is 17.9. The van der Waals surface area contributed by atoms with Gasteiger partial charge in [-0.25, -0.2) is 0 Å². The van der Waals surface area contributed by atoms with Crippen LogP contribution in [-0.4, -0.2) is 72.6 Å². The lowest BCUT2D eigenvalue weighted by atomic mass is 9.42. The van der Waals surface area contributed by atoms with E-state index >= 15 is 0 Å². The Morgan fingerprint density at radius 1 is 0.264 bits per heavy atom. The average Bonchev–Trinajstić information content (AvgIpc) is 1.52. The predicted molar refractivity (Wildman–Crippen MR) is 479 cm³/mol. The highest BCUT2D eigenvalue weighted by Gasteiger charge is 2.59. The van der Waals surface area contributed by atoms with Crippen molar-refractivity contribution in [2.75, 3.05) is 0 Å². The smallest absolute Gasteiger partial charge is 0.253 e. The molecule has 0 radical (unpaired) electrons. The number of phenols is 6. The molecule has 6 N–H and O–H groups in total. The zero-order valence-corrected chi connectivity index (χ0v) is 71.3. The first-order valence-corrected chi connectivity index (χ1v) is 42.6. The Balaban J connectivity index is 0.000000131. The fraction of sp³-hybridized carbons (Fsp3) is 0.232. The van der Waals surface area contributed by atoms with Gasteiger partial charge in [0.05, 0.1) is 0 Å². The monoisotopic (exact) mass is 1780 g/mol. The maximum absolute atomic E-state index is 11.2. The third-order valence-electron chi connectivity index (χ3n) is 24.6. The summed E-state index contributed by atoms with van der Waals surface area (Å²) >= 11 is 42.4. The summed E-state index contributed by atoms with van der Waals surface area (Å²) in [5, 5.41) is 56.3. The van der Waals surface area contributed by atoms with Gasteiger partial charge in [0.2, 0.25) is 0 Å². The highest BCUT2D eigenvalue weighted by molar-refractivity contribution is 6.71. The van der Waals surface area contributed by atoms with E-state index in [4.69, 9.17) is 92.8 Å². The molecular formula is C99H84Cl8O14. The van der Waals surface area contributed by atoms with Crippen molar-refractivity contribution in [3.63, 3.8) is 0 Å². The molecule has 12 aromatic rings. The van der Waals surface area contributed by atoms with Crippen molar-refractivity contribution in [1.29, 1.82) is 0 Å². The number of hydrogen-bond acceptors (Lipinski definition) is 14. The maximum Gasteiger partial charge on any atom is 0.253 e. The lowest BCUT2D eigenvalue weighted by molar-refractivity contribution is -0.0418. The fourth-order valence-corrected chi connectivity index (χ4v) is 20.4. The Bertz CT molecular complexity index is 5420. The number of rotatable bonds is 14. The normalized spacial score (nSPS) is 18.6. The number of fused-ring (bicyclic) bond motifs is 4. The zero-order valence-electron chi connectivity index (χ0n) is 65.2. The van der Waals surface area contributed by atoms with Gasteiger partial charge in [-0.1, -0.05) is 153 Å². The first-order chi connectivity index (χ1) is 57.9. The van der Waals surface area contributed by atoms with E-state index in [0.717, 1.165) is 41.4 Å². The molecule has 19 rings (SSSR count). The third kappa shape index (κ3) is 21.1. The van der Waals surface area contributed by atoms with Crippen LogP contribution in [0.4, 0.5) is 0 Å². The predicted octanol–water partition coefficient (Wildman–Crippen LogP) is 25.5. The fourth-order valence-electron chi connectivity index (χ4n) is 19.3. The molecule has 0 saturated heterocycles. The minimum atomic E-state index is -0.602. The van der Waals surface area contributed by atoms with Crippen molar-refractivity contribution in [1.82, 2.24) is 0 Å². The lowest BCUT2D eigenvalue weighted by Gasteiger charge is -2.62. The van der Waals surface area contributed by atoms with Crippen molar-refractivity contribution >= 4 is 156 Å². The van der Waals surface area contributed by atoms with Gasteiger partial charge in [-0.05, 0) is 387 Å². The summed E-state index contributed by atoms with van der Waals surface area (Å²) in [7, 11) is 0. The second-order valence-corrected chi connectivity index (χ2v) is 34.2. The molecule has 14 nitrogen and oxygen atoms in total. The number of halogens is 8. The standard InChI is InChI=1S/C22H24O2.C19H20O2.C18H20O2.2C12H6Cl2O2.2C8H4Cl2O2/c23-20-5-1-16(2-6-20)22(17-3-7-21(24)8-4-17)18-10-14-9-15(12-18)13-19(22)11-14;20-17-7-3-14(4-8-17)19(12-13-1-2-16(19)11-13)15-5-9-18(21)10-6-15;19-16-8-4-14(5-9-16)18(12-2-1-3-13-18)15-6-10-17(20)11-7-15;13-11(15)9-3-1-7-5-10(12(14)16)4-2-8(7)6-9;13-11(15)9-5-1-3-7-8(9)4-2-6-10(7)12(14)16;9-7(11)5-1-2-6(4-3-5)8(10)12;9-7(11)5-2-1-3-6(4-5)8(10)12/h1-8,14-15,18-19,23-24H,9-13H2;3-10,13,16,20-21H,1-2,11-12H2;4-11,19-20H,1-3,12-13H2;2*1-6H;2*1-4H. The van der Waals surface area contributed by atoms with E-state index < -0.39 is 41.9 Å². The van der Waals surface area contributed by atoms with Gasteiger partial charge in [-0.15, -0.1) is 0 Å². The summed E-state index contributed by atoms with van der Waals surface area (Å²) in [5.74, 6) is 6.62. The van der Waals surface area contributed by atoms with Crippen LogP contribution in [0.25, 0.3) is 21.5 Å². The van der Waals surface area contributed by atoms with Gasteiger partial charge in [0, 0.05) is 60.8 Å². The maximum atomic E-state index is 11.2. The second-order valence-electron chi connectivity index (χ2n) is 31.5. The summed E-state index contributed by atoms with van der Waals surface area (Å²) in [6.45, 7) is 0. The molecule has 7 saturated carbocycles. The van der Waals surface area contributed by atoms with E-state index in [1.54, 1.807) is 127 Å². The number of hydrogen-bond donors (Lipinski definition) is 6. The van der Waals surface area contributed by atoms with E-state index in [2.05, 4.69) is 48.5 Å². The molecule has 620 valence electrons. The van der Waals surface area contributed by atoms with Crippen molar-refractivity contribution < 1.29 is 69.0 Å². The second kappa shape index (κ2) is 40.1. The molecule has 0 heterocycles. The molecule has 7 fully saturated rings. The van der Waals surface area contributed by atoms with Crippen molar-refractivity contribution in [3.05, 3.63) is 345 Å². The summed E-state index contributed by atoms with van der Waals surface area (Å²) < 4.78 is 0. The van der Waals surface area contributed by atoms with Crippen LogP contribution < -0.4 is 0 Å². The minimum Gasteiger partial charge on any atom is -0.508 e. The lowest BCUT2D eigenvalue weighted by Crippen LogP contribution is -2.56. The van der Waals surface area contributed by atoms with E-state index in [0.29, 0.717) is 96.4 Å². The quantitative estimate of drug-likeness (QED) is 0.0554. The van der Waals surface area contributed by atoms with Crippen LogP contribution >= 0.6 is 92.8 Å². The average molecular weight is 1780 g/mol. The topological polar surface area (TPSA) is 258 Å². The van der Waals surface area contributed by atoms with Crippen LogP contribution in [0.3, 0.4) is 0 Å². The Labute approximate surface area is 740 Å². The number of benzene rings is 12. The minimum absolute atomic E-state index is 0.0274. The van der Waals surface area contributed by atoms with Gasteiger partial charge < -0.3 is 30.6 Å². The molecule has 0 spiro atoms. The van der Waals surface area contributed by atoms with Gasteiger partial charge in [0.15, 0.2) is 0 Å². The SMILES string of the molecule is O=C(Cl)c1ccc(C(=O)Cl)cc1.O=C(Cl)c1ccc2cc(C(=O)Cl)ccc2c1.O=C(Cl)c1cccc(C(=O)Cl)c1.O=C(Cl)c1cccc2c(C(=O)Cl)cccc12.Oc1ccc(C2(c3ccc(O)cc3)C3CC4CC(C3)CC2C4)cc1.Oc1ccc(C2(c3ccc(O)cc3)CC3CCC2C3)cc1.Oc1ccc(C2(c3ccc(O)cc3)CCCCC2)cc1. The van der Waals surface area contributed by atoms with Crippen molar-refractivity contribution in [2.45, 2.75) is 106 Å². The van der Waals surface area contributed by atoms with Gasteiger partial charge >= 0.3 is 0 Å². The molecule has 7 aliphatic rings. The first kappa shape index (κ1) is 89.9. The summed E-state index contributed by atoms with van der Waals surface area (Å²) in [4.78, 5) is 86.7. The summed E-state index contributed by atoms with van der Waals surface area (Å²) in [6, 6.07) is 78.3. The van der Waals surface area contributed by atoms with Crippen LogP contribution in [0.2, 0.25) is 0 Å². The molecule has 6 bridgehead atoms. The molecule has 0 amide bonds. The van der Waals surface area contributed by atoms with Gasteiger partial charge in [0.25, 0.3) is 41.9 Å². The largest absolute Gasteiger partial charge is 0.508 e. The highest BCUT2D eigenvalue weighted by Crippen LogP contribution is 2.66. The molecule has 12 aromatic carbocycles. The molecule has 22 heteroatoms. The molecule has 0 aliphatic heterocycles. The third-order valence-corrected chi connectivity index (χ3v) is 26.3. The van der Waals surface area contributed by atoms with Crippen LogP contribution in [0, 0.1) is 35.5 Å². The number of aromatic hydroxyl groups is 6. The number of phenolic OH excluding ortho intramolecular Hbond substituents is 6. The molecule has 7 aliphatic carbocycles. The molecular weight excluding hydrogens is 1700 g/mol. The van der Waals surface area contributed by atoms with Crippen LogP contribution in [0.1, 0.15) is 206 Å². The Hall–Kier alpha value is -10.4. The van der Waals surface area contributed by atoms with Gasteiger partial charge in [-0.3, -0.25) is 38.4 Å². The Morgan fingerprint density at radius 3 is 0.868 bits per heavy atom. The van der Waals surface area contributed by atoms with E-state index in [9.17, 15) is 69.0 Å². The molecule has 0 aromatic heterocycles.